The highest BCUT2D eigenvalue weighted by Crippen LogP contribution is 2.26. The second-order valence-electron chi connectivity index (χ2n) is 6.69. The molecule has 1 heterocycles. The summed E-state index contributed by atoms with van der Waals surface area (Å²) in [6, 6.07) is 12.9. The van der Waals surface area contributed by atoms with Gasteiger partial charge in [0.1, 0.15) is 0 Å². The molecule has 1 fully saturated rings. The van der Waals surface area contributed by atoms with E-state index < -0.39 is 16.0 Å². The van der Waals surface area contributed by atoms with Crippen LogP contribution in [-0.4, -0.2) is 44.8 Å². The van der Waals surface area contributed by atoms with Gasteiger partial charge in [-0.3, -0.25) is 4.79 Å². The zero-order valence-corrected chi connectivity index (χ0v) is 18.2. The van der Waals surface area contributed by atoms with E-state index in [1.807, 2.05) is 0 Å². The number of nitrogens with one attached hydrogen (secondary N) is 1. The van der Waals surface area contributed by atoms with Gasteiger partial charge in [0.15, 0.2) is 0 Å². The van der Waals surface area contributed by atoms with Crippen molar-refractivity contribution in [2.45, 2.75) is 17.7 Å². The third-order valence-corrected chi connectivity index (χ3v) is 7.29. The van der Waals surface area contributed by atoms with Crippen LogP contribution in [0.4, 0.5) is 5.69 Å². The van der Waals surface area contributed by atoms with E-state index in [0.29, 0.717) is 24.1 Å². The Morgan fingerprint density at radius 1 is 1.03 bits per heavy atom. The molecule has 0 aliphatic carbocycles. The zero-order valence-electron chi connectivity index (χ0n) is 15.8. The second kappa shape index (κ2) is 9.06. The van der Waals surface area contributed by atoms with Gasteiger partial charge in [0.2, 0.25) is 15.9 Å². The minimum Gasteiger partial charge on any atom is -0.465 e. The van der Waals surface area contributed by atoms with Crippen LogP contribution in [0.25, 0.3) is 0 Å². The molecule has 2 aromatic carbocycles. The highest BCUT2D eigenvalue weighted by atomic mass is 79.9. The van der Waals surface area contributed by atoms with Crippen LogP contribution < -0.4 is 5.32 Å². The highest BCUT2D eigenvalue weighted by molar-refractivity contribution is 9.10. The number of hydrogen-bond acceptors (Lipinski definition) is 5. The predicted molar refractivity (Wildman–Crippen MR) is 112 cm³/mol. The number of anilines is 1. The van der Waals surface area contributed by atoms with Crippen LogP contribution in [0, 0.1) is 5.92 Å². The molecule has 154 valence electrons. The smallest absolute Gasteiger partial charge is 0.337 e. The van der Waals surface area contributed by atoms with Crippen molar-refractivity contribution in [3.63, 3.8) is 0 Å². The Morgan fingerprint density at radius 3 is 2.17 bits per heavy atom. The fraction of sp³-hybridized carbons (Fsp3) is 0.300. The lowest BCUT2D eigenvalue weighted by Gasteiger charge is -2.30. The summed E-state index contributed by atoms with van der Waals surface area (Å²) in [7, 11) is -2.26. The quantitative estimate of drug-likeness (QED) is 0.662. The van der Waals surface area contributed by atoms with Gasteiger partial charge in [0, 0.05) is 29.2 Å². The topological polar surface area (TPSA) is 92.8 Å². The van der Waals surface area contributed by atoms with Crippen LogP contribution in [0.2, 0.25) is 0 Å². The molecule has 1 aliphatic heterocycles. The van der Waals surface area contributed by atoms with Crippen molar-refractivity contribution in [3.05, 3.63) is 58.6 Å². The summed E-state index contributed by atoms with van der Waals surface area (Å²) in [6.07, 6.45) is 0.893. The number of halogens is 1. The SMILES string of the molecule is COC(=O)c1ccc(NC(=O)C2CCN(S(=O)(=O)c3ccc(Br)cc3)CC2)cc1. The van der Waals surface area contributed by atoms with E-state index in [1.165, 1.54) is 11.4 Å². The monoisotopic (exact) mass is 480 g/mol. The van der Waals surface area contributed by atoms with E-state index >= 15 is 0 Å². The van der Waals surface area contributed by atoms with E-state index in [9.17, 15) is 18.0 Å². The number of methoxy groups -OCH3 is 1. The van der Waals surface area contributed by atoms with Gasteiger partial charge >= 0.3 is 5.97 Å². The van der Waals surface area contributed by atoms with Gasteiger partial charge < -0.3 is 10.1 Å². The average Bonchev–Trinajstić information content (AvgIpc) is 2.74. The van der Waals surface area contributed by atoms with E-state index in [4.69, 9.17) is 0 Å². The van der Waals surface area contributed by atoms with Gasteiger partial charge in [-0.25, -0.2) is 13.2 Å². The third-order valence-electron chi connectivity index (χ3n) is 4.85. The number of sulfonamides is 1. The Hall–Kier alpha value is -2.23. The maximum Gasteiger partial charge on any atom is 0.337 e. The predicted octanol–water partition coefficient (Wildman–Crippen LogP) is 3.28. The number of esters is 1. The first-order valence-electron chi connectivity index (χ1n) is 9.06. The normalized spacial score (nSPS) is 15.7. The number of carbonyl (C=O) groups excluding carboxylic acids is 2. The van der Waals surface area contributed by atoms with Gasteiger partial charge in [-0.15, -0.1) is 0 Å². The minimum absolute atomic E-state index is 0.156. The number of benzene rings is 2. The van der Waals surface area contributed by atoms with E-state index in [-0.39, 0.29) is 29.8 Å². The molecule has 0 bridgehead atoms. The van der Waals surface area contributed by atoms with Crippen LogP contribution >= 0.6 is 15.9 Å². The standard InChI is InChI=1S/C20H21BrN2O5S/c1-28-20(25)15-2-6-17(7-3-15)22-19(24)14-10-12-23(13-11-14)29(26,27)18-8-4-16(21)5-9-18/h2-9,14H,10-13H2,1H3,(H,22,24). The summed E-state index contributed by atoms with van der Waals surface area (Å²) in [5.74, 6) is -0.870. The molecular formula is C20H21BrN2O5S. The Morgan fingerprint density at radius 2 is 1.62 bits per heavy atom. The molecular weight excluding hydrogens is 460 g/mol. The molecule has 1 aliphatic rings. The molecule has 0 aromatic heterocycles. The Balaban J connectivity index is 1.58. The van der Waals surface area contributed by atoms with Gasteiger partial charge in [-0.2, -0.15) is 4.31 Å². The Bertz CT molecular complexity index is 983. The number of ether oxygens (including phenoxy) is 1. The van der Waals surface area contributed by atoms with Gasteiger partial charge in [0.25, 0.3) is 0 Å². The fourth-order valence-corrected chi connectivity index (χ4v) is 4.90. The van der Waals surface area contributed by atoms with Crippen LogP contribution in [0.1, 0.15) is 23.2 Å². The third kappa shape index (κ3) is 5.04. The van der Waals surface area contributed by atoms with Gasteiger partial charge in [0.05, 0.1) is 17.6 Å². The van der Waals surface area contributed by atoms with Crippen molar-refractivity contribution in [1.82, 2.24) is 4.31 Å². The molecule has 0 atom stereocenters. The summed E-state index contributed by atoms with van der Waals surface area (Å²) in [5, 5.41) is 2.82. The van der Waals surface area contributed by atoms with Gasteiger partial charge in [-0.1, -0.05) is 15.9 Å². The number of rotatable bonds is 5. The van der Waals surface area contributed by atoms with Gasteiger partial charge in [-0.05, 0) is 61.4 Å². The fourth-order valence-electron chi connectivity index (χ4n) is 3.17. The van der Waals surface area contributed by atoms with Crippen molar-refractivity contribution in [1.29, 1.82) is 0 Å². The average molecular weight is 481 g/mol. The second-order valence-corrected chi connectivity index (χ2v) is 9.54. The molecule has 1 N–H and O–H groups in total. The summed E-state index contributed by atoms with van der Waals surface area (Å²) in [6.45, 7) is 0.579. The number of amides is 1. The maximum absolute atomic E-state index is 12.8. The van der Waals surface area contributed by atoms with E-state index in [1.54, 1.807) is 48.5 Å². The molecule has 7 nitrogen and oxygen atoms in total. The molecule has 0 spiro atoms. The summed E-state index contributed by atoms with van der Waals surface area (Å²) in [4.78, 5) is 24.2. The minimum atomic E-state index is -3.57. The Labute approximate surface area is 178 Å². The van der Waals surface area contributed by atoms with Crippen molar-refractivity contribution < 1.29 is 22.7 Å². The summed E-state index contributed by atoms with van der Waals surface area (Å²) < 4.78 is 32.4. The van der Waals surface area contributed by atoms with Crippen molar-refractivity contribution >= 4 is 43.5 Å². The number of nitrogens with zero attached hydrogens (tertiary/aromatic N) is 1. The van der Waals surface area contributed by atoms with Crippen LogP contribution in [0.3, 0.4) is 0 Å². The summed E-state index contributed by atoms with van der Waals surface area (Å²) >= 11 is 3.30. The van der Waals surface area contributed by atoms with Crippen molar-refractivity contribution in [2.75, 3.05) is 25.5 Å². The van der Waals surface area contributed by atoms with E-state index in [0.717, 1.165) is 4.47 Å². The molecule has 1 amide bonds. The molecule has 0 saturated carbocycles. The first-order valence-corrected chi connectivity index (χ1v) is 11.3. The zero-order chi connectivity index (χ0) is 21.0. The number of piperidine rings is 1. The molecule has 0 unspecified atom stereocenters. The largest absolute Gasteiger partial charge is 0.465 e. The highest BCUT2D eigenvalue weighted by Gasteiger charge is 2.32. The lowest BCUT2D eigenvalue weighted by Crippen LogP contribution is -2.41. The maximum atomic E-state index is 12.8. The van der Waals surface area contributed by atoms with Crippen LogP contribution in [0.15, 0.2) is 57.9 Å². The first-order chi connectivity index (χ1) is 13.8. The van der Waals surface area contributed by atoms with Crippen LogP contribution in [0.5, 0.6) is 0 Å². The number of carbonyl (C=O) groups is 2. The van der Waals surface area contributed by atoms with E-state index in [2.05, 4.69) is 26.0 Å². The molecule has 3 rings (SSSR count). The van der Waals surface area contributed by atoms with Crippen molar-refractivity contribution in [3.8, 4) is 0 Å². The molecule has 29 heavy (non-hydrogen) atoms. The molecule has 2 aromatic rings. The molecule has 1 saturated heterocycles. The first kappa shape index (κ1) is 21.5. The molecule has 0 radical (unpaired) electrons. The molecule has 9 heteroatoms. The van der Waals surface area contributed by atoms with Crippen LogP contribution in [-0.2, 0) is 19.6 Å². The lowest BCUT2D eigenvalue weighted by molar-refractivity contribution is -0.120. The summed E-state index contributed by atoms with van der Waals surface area (Å²) in [5.41, 5.74) is 0.976. The number of hydrogen-bond donors (Lipinski definition) is 1. The van der Waals surface area contributed by atoms with Crippen molar-refractivity contribution in [2.24, 2.45) is 5.92 Å². The lowest BCUT2D eigenvalue weighted by atomic mass is 9.97. The Kier molecular flexibility index (Phi) is 6.71.